The minimum Gasteiger partial charge on any atom is -0.314 e. The number of rotatable bonds is 4. The van der Waals surface area contributed by atoms with E-state index in [0.717, 1.165) is 36.3 Å². The lowest BCUT2D eigenvalue weighted by molar-refractivity contribution is 0.367. The van der Waals surface area contributed by atoms with Gasteiger partial charge in [-0.05, 0) is 63.8 Å². The van der Waals surface area contributed by atoms with Gasteiger partial charge >= 0.3 is 0 Å². The average molecular weight is 208 g/mol. The second-order valence-corrected chi connectivity index (χ2v) is 6.53. The fourth-order valence-corrected chi connectivity index (χ4v) is 4.06. The van der Waals surface area contributed by atoms with Crippen LogP contribution in [0, 0.1) is 23.7 Å². The van der Waals surface area contributed by atoms with Crippen molar-refractivity contribution in [2.75, 3.05) is 13.6 Å². The van der Waals surface area contributed by atoms with E-state index in [2.05, 4.69) is 31.5 Å². The molecule has 3 fully saturated rings. The molecular weight excluding hydrogens is 184 g/mol. The van der Waals surface area contributed by atoms with Crippen LogP contribution in [0.5, 0.6) is 0 Å². The molecule has 3 rings (SSSR count). The number of hydrogen-bond acceptors (Lipinski definition) is 2. The van der Waals surface area contributed by atoms with Crippen molar-refractivity contribution < 1.29 is 0 Å². The van der Waals surface area contributed by atoms with Gasteiger partial charge in [0.1, 0.15) is 0 Å². The van der Waals surface area contributed by atoms with Crippen LogP contribution in [0.15, 0.2) is 0 Å². The summed E-state index contributed by atoms with van der Waals surface area (Å²) in [6.45, 7) is 5.65. The van der Waals surface area contributed by atoms with Crippen LogP contribution in [0.3, 0.4) is 0 Å². The molecule has 2 heteroatoms. The van der Waals surface area contributed by atoms with Crippen LogP contribution in [0.2, 0.25) is 0 Å². The molecule has 0 aromatic rings. The Kier molecular flexibility index (Phi) is 2.16. The smallest absolute Gasteiger partial charge is 0.0246 e. The topological polar surface area (TPSA) is 24.1 Å². The molecule has 0 aromatic carbocycles. The maximum atomic E-state index is 3.79. The Morgan fingerprint density at radius 2 is 1.73 bits per heavy atom. The first-order valence-corrected chi connectivity index (χ1v) is 6.55. The molecule has 0 heterocycles. The molecular formula is C13H24N2. The van der Waals surface area contributed by atoms with Crippen LogP contribution >= 0.6 is 0 Å². The van der Waals surface area contributed by atoms with Crippen LogP contribution < -0.4 is 10.6 Å². The highest BCUT2D eigenvalue weighted by Crippen LogP contribution is 2.65. The Balaban J connectivity index is 1.52. The van der Waals surface area contributed by atoms with Crippen LogP contribution in [-0.4, -0.2) is 25.2 Å². The van der Waals surface area contributed by atoms with Crippen molar-refractivity contribution in [3.63, 3.8) is 0 Å². The molecule has 4 unspecified atom stereocenters. The van der Waals surface area contributed by atoms with Crippen molar-refractivity contribution >= 4 is 0 Å². The van der Waals surface area contributed by atoms with E-state index in [1.165, 1.54) is 12.8 Å². The Labute approximate surface area is 93.2 Å². The third kappa shape index (κ3) is 1.53. The number of likely N-dealkylation sites (N-methyl/N-ethyl adjacent to an activating group) is 1. The van der Waals surface area contributed by atoms with E-state index in [1.807, 2.05) is 0 Å². The van der Waals surface area contributed by atoms with E-state index < -0.39 is 0 Å². The van der Waals surface area contributed by atoms with Crippen LogP contribution in [0.4, 0.5) is 0 Å². The van der Waals surface area contributed by atoms with E-state index in [4.69, 9.17) is 0 Å². The van der Waals surface area contributed by atoms with Crippen molar-refractivity contribution in [2.45, 2.75) is 44.7 Å². The number of nitrogens with one attached hydrogen (secondary N) is 2. The highest BCUT2D eigenvalue weighted by molar-refractivity contribution is 5.17. The summed E-state index contributed by atoms with van der Waals surface area (Å²) in [5, 5.41) is 7.15. The van der Waals surface area contributed by atoms with Gasteiger partial charge in [0.25, 0.3) is 0 Å². The Hall–Kier alpha value is -0.0800. The van der Waals surface area contributed by atoms with Crippen LogP contribution in [0.1, 0.15) is 33.1 Å². The minimum absolute atomic E-state index is 0.246. The molecule has 0 spiro atoms. The van der Waals surface area contributed by atoms with Gasteiger partial charge in [-0.3, -0.25) is 0 Å². The molecule has 86 valence electrons. The molecule has 0 aromatic heterocycles. The van der Waals surface area contributed by atoms with Crippen molar-refractivity contribution in [2.24, 2.45) is 23.7 Å². The first-order valence-electron chi connectivity index (χ1n) is 6.55. The lowest BCUT2D eigenvalue weighted by Crippen LogP contribution is -2.47. The van der Waals surface area contributed by atoms with Crippen LogP contribution in [-0.2, 0) is 0 Å². The van der Waals surface area contributed by atoms with Crippen molar-refractivity contribution in [1.29, 1.82) is 0 Å². The molecule has 3 aliphatic carbocycles. The SMILES string of the molecule is CNC(C)(C)CNC1C2C3CCC(C3)C12. The Bertz CT molecular complexity index is 245. The summed E-state index contributed by atoms with van der Waals surface area (Å²) in [7, 11) is 2.05. The maximum Gasteiger partial charge on any atom is 0.0246 e. The molecule has 2 bridgehead atoms. The van der Waals surface area contributed by atoms with Gasteiger partial charge in [-0.25, -0.2) is 0 Å². The summed E-state index contributed by atoms with van der Waals surface area (Å²) in [5.41, 5.74) is 0.246. The van der Waals surface area contributed by atoms with E-state index >= 15 is 0 Å². The molecule has 3 saturated carbocycles. The summed E-state index contributed by atoms with van der Waals surface area (Å²) in [5.74, 6) is 4.32. The second kappa shape index (κ2) is 3.21. The Morgan fingerprint density at radius 3 is 2.27 bits per heavy atom. The normalized spacial score (nSPS) is 47.0. The maximum absolute atomic E-state index is 3.79. The van der Waals surface area contributed by atoms with Gasteiger partial charge in [0.2, 0.25) is 0 Å². The summed E-state index contributed by atoms with van der Waals surface area (Å²) in [6.07, 6.45) is 4.61. The summed E-state index contributed by atoms with van der Waals surface area (Å²) >= 11 is 0. The predicted octanol–water partition coefficient (Wildman–Crippen LogP) is 1.62. The van der Waals surface area contributed by atoms with E-state index in [0.29, 0.717) is 0 Å². The van der Waals surface area contributed by atoms with E-state index in [9.17, 15) is 0 Å². The zero-order valence-electron chi connectivity index (χ0n) is 10.2. The fraction of sp³-hybridized carbons (Fsp3) is 1.00. The molecule has 0 amide bonds. The molecule has 0 saturated heterocycles. The summed E-state index contributed by atoms with van der Waals surface area (Å²) < 4.78 is 0. The van der Waals surface area contributed by atoms with Gasteiger partial charge in [-0.15, -0.1) is 0 Å². The molecule has 15 heavy (non-hydrogen) atoms. The lowest BCUT2D eigenvalue weighted by Gasteiger charge is -2.25. The largest absolute Gasteiger partial charge is 0.314 e. The monoisotopic (exact) mass is 208 g/mol. The highest BCUT2D eigenvalue weighted by atomic mass is 15.1. The van der Waals surface area contributed by atoms with Crippen molar-refractivity contribution in [3.05, 3.63) is 0 Å². The third-order valence-electron chi connectivity index (χ3n) is 5.19. The predicted molar refractivity (Wildman–Crippen MR) is 62.7 cm³/mol. The second-order valence-electron chi connectivity index (χ2n) is 6.53. The third-order valence-corrected chi connectivity index (χ3v) is 5.19. The van der Waals surface area contributed by atoms with E-state index in [1.54, 1.807) is 6.42 Å². The Morgan fingerprint density at radius 1 is 1.13 bits per heavy atom. The molecule has 2 nitrogen and oxygen atoms in total. The van der Waals surface area contributed by atoms with Crippen molar-refractivity contribution in [3.8, 4) is 0 Å². The van der Waals surface area contributed by atoms with Gasteiger partial charge in [0.15, 0.2) is 0 Å². The zero-order valence-corrected chi connectivity index (χ0v) is 10.2. The average Bonchev–Trinajstić information content (AvgIpc) is 2.62. The first kappa shape index (κ1) is 10.1. The summed E-state index contributed by atoms with van der Waals surface area (Å²) in [4.78, 5) is 0. The van der Waals surface area contributed by atoms with Gasteiger partial charge in [-0.2, -0.15) is 0 Å². The summed E-state index contributed by atoms with van der Waals surface area (Å²) in [6, 6.07) is 0.879. The van der Waals surface area contributed by atoms with Gasteiger partial charge in [0, 0.05) is 18.1 Å². The zero-order chi connectivity index (χ0) is 10.6. The lowest BCUT2D eigenvalue weighted by atomic mass is 10.0. The quantitative estimate of drug-likeness (QED) is 0.733. The van der Waals surface area contributed by atoms with E-state index in [-0.39, 0.29) is 5.54 Å². The number of hydrogen-bond donors (Lipinski definition) is 2. The molecule has 3 aliphatic rings. The van der Waals surface area contributed by atoms with Crippen molar-refractivity contribution in [1.82, 2.24) is 10.6 Å². The van der Waals surface area contributed by atoms with Gasteiger partial charge < -0.3 is 10.6 Å². The van der Waals surface area contributed by atoms with Crippen LogP contribution in [0.25, 0.3) is 0 Å². The molecule has 0 radical (unpaired) electrons. The minimum atomic E-state index is 0.246. The first-order chi connectivity index (χ1) is 7.12. The molecule has 4 atom stereocenters. The van der Waals surface area contributed by atoms with Gasteiger partial charge in [0.05, 0.1) is 0 Å². The van der Waals surface area contributed by atoms with Gasteiger partial charge in [-0.1, -0.05) is 0 Å². The molecule has 0 aliphatic heterocycles. The number of fused-ring (bicyclic) bond motifs is 5. The molecule has 2 N–H and O–H groups in total. The highest BCUT2D eigenvalue weighted by Gasteiger charge is 2.64. The standard InChI is InChI=1S/C13H24N2/c1-13(2,14-3)7-15-12-10-8-4-5-9(6-8)11(10)12/h8-12,14-15H,4-7H2,1-3H3. The fourth-order valence-electron chi connectivity index (χ4n) is 4.06.